The third-order valence-corrected chi connectivity index (χ3v) is 6.04. The summed E-state index contributed by atoms with van der Waals surface area (Å²) in [4.78, 5) is 15.4. The summed E-state index contributed by atoms with van der Waals surface area (Å²) in [7, 11) is 0. The average molecular weight is 377 g/mol. The maximum absolute atomic E-state index is 12.9. The van der Waals surface area contributed by atoms with Crippen LogP contribution in [0, 0.1) is 5.92 Å². The van der Waals surface area contributed by atoms with Gasteiger partial charge in [0.15, 0.2) is 5.76 Å². The van der Waals surface area contributed by atoms with E-state index in [2.05, 4.69) is 16.8 Å². The van der Waals surface area contributed by atoms with Crippen molar-refractivity contribution in [2.45, 2.75) is 31.3 Å². The number of piperidine rings is 3. The smallest absolute Gasteiger partial charge is 0.287 e. The molecule has 1 aromatic heterocycles. The summed E-state index contributed by atoms with van der Waals surface area (Å²) < 4.78 is 5.77. The maximum atomic E-state index is 12.9. The zero-order chi connectivity index (χ0) is 19.5. The van der Waals surface area contributed by atoms with E-state index in [4.69, 9.17) is 10.2 Å². The Hall–Kier alpha value is -2.79. The first-order chi connectivity index (χ1) is 13.7. The molecule has 2 aromatic rings. The van der Waals surface area contributed by atoms with Crippen LogP contribution in [0.2, 0.25) is 0 Å². The number of carbonyl (C=O) groups excluding carboxylic acids is 1. The predicted octanol–water partition coefficient (Wildman–Crippen LogP) is 3.60. The van der Waals surface area contributed by atoms with Gasteiger partial charge in [0.05, 0.1) is 0 Å². The first-order valence-corrected chi connectivity index (χ1v) is 9.93. The molecule has 5 nitrogen and oxygen atoms in total. The summed E-state index contributed by atoms with van der Waals surface area (Å²) in [6.07, 6.45) is 10.3. The van der Waals surface area contributed by atoms with Crippen LogP contribution in [0.15, 0.2) is 71.3 Å². The van der Waals surface area contributed by atoms with Crippen molar-refractivity contribution in [1.29, 1.82) is 0 Å². The molecule has 0 aliphatic carbocycles. The second-order valence-electron chi connectivity index (χ2n) is 7.62. The number of nitrogens with one attached hydrogen (secondary N) is 1. The van der Waals surface area contributed by atoms with Crippen LogP contribution in [0.1, 0.15) is 29.8 Å². The second-order valence-corrected chi connectivity index (χ2v) is 7.62. The average Bonchev–Trinajstić information content (AvgIpc) is 3.17. The van der Waals surface area contributed by atoms with Crippen LogP contribution in [0.25, 0.3) is 11.0 Å². The van der Waals surface area contributed by atoms with Crippen LogP contribution in [0.5, 0.6) is 0 Å². The van der Waals surface area contributed by atoms with Gasteiger partial charge in [-0.25, -0.2) is 0 Å². The van der Waals surface area contributed by atoms with E-state index in [-0.39, 0.29) is 18.0 Å². The topological polar surface area (TPSA) is 71.5 Å². The van der Waals surface area contributed by atoms with Gasteiger partial charge in [0, 0.05) is 17.5 Å². The van der Waals surface area contributed by atoms with Crippen molar-refractivity contribution >= 4 is 16.9 Å². The van der Waals surface area contributed by atoms with Gasteiger partial charge in [-0.15, -0.1) is 0 Å². The van der Waals surface area contributed by atoms with E-state index >= 15 is 0 Å². The van der Waals surface area contributed by atoms with Crippen molar-refractivity contribution < 1.29 is 9.21 Å². The number of fused-ring (bicyclic) bond motifs is 4. The van der Waals surface area contributed by atoms with Crippen LogP contribution in [-0.4, -0.2) is 36.0 Å². The summed E-state index contributed by atoms with van der Waals surface area (Å²) in [6, 6.07) is 9.89. The number of benzene rings is 1. The highest BCUT2D eigenvalue weighted by molar-refractivity contribution is 5.96. The standard InChI is InChI=1S/C23H27N3O2/c1-2-16(6-5-11-24)14-19-22(17-9-12-26(19)13-10-17)25-23(27)21-15-18-7-3-4-8-20(18)28-21/h2-8,11,15,17,19,22H,1,9-10,12-14,24H2,(H,25,27)/b11-5-,16-6+. The molecule has 2 atom stereocenters. The number of hydrogen-bond donors (Lipinski definition) is 2. The van der Waals surface area contributed by atoms with Crippen molar-refractivity contribution in [1.82, 2.24) is 10.2 Å². The lowest BCUT2D eigenvalue weighted by Crippen LogP contribution is -2.63. The van der Waals surface area contributed by atoms with E-state index in [1.807, 2.05) is 48.6 Å². The zero-order valence-corrected chi connectivity index (χ0v) is 16.0. The maximum Gasteiger partial charge on any atom is 0.287 e. The lowest BCUT2D eigenvalue weighted by molar-refractivity contribution is 0.0135. The summed E-state index contributed by atoms with van der Waals surface area (Å²) in [5.41, 5.74) is 7.34. The van der Waals surface area contributed by atoms with Gasteiger partial charge in [0.2, 0.25) is 0 Å². The van der Waals surface area contributed by atoms with Gasteiger partial charge >= 0.3 is 0 Å². The van der Waals surface area contributed by atoms with Gasteiger partial charge in [-0.2, -0.15) is 0 Å². The SMILES string of the molecule is C=C/C(=C\C=C/N)CC1C(NC(=O)c2cc3ccccc3o2)C2CCN1CC2. The number of carbonyl (C=O) groups is 1. The van der Waals surface area contributed by atoms with Gasteiger partial charge in [-0.3, -0.25) is 9.69 Å². The highest BCUT2D eigenvalue weighted by atomic mass is 16.3. The fraction of sp³-hybridized carbons (Fsp3) is 0.348. The number of nitrogens with zero attached hydrogens (tertiary/aromatic N) is 1. The normalized spacial score (nSPS) is 27.4. The fourth-order valence-electron chi connectivity index (χ4n) is 4.58. The Morgan fingerprint density at radius 2 is 2.11 bits per heavy atom. The second kappa shape index (κ2) is 8.07. The molecule has 5 rings (SSSR count). The van der Waals surface area contributed by atoms with Gasteiger partial charge in [-0.1, -0.05) is 36.9 Å². The molecule has 0 saturated carbocycles. The quantitative estimate of drug-likeness (QED) is 0.755. The lowest BCUT2D eigenvalue weighted by atomic mass is 9.76. The number of amides is 1. The molecule has 3 aliphatic heterocycles. The summed E-state index contributed by atoms with van der Waals surface area (Å²) in [5, 5.41) is 4.23. The van der Waals surface area contributed by atoms with Crippen molar-refractivity contribution in [2.75, 3.05) is 13.1 Å². The molecular weight excluding hydrogens is 350 g/mol. The van der Waals surface area contributed by atoms with E-state index in [9.17, 15) is 4.79 Å². The molecule has 1 aromatic carbocycles. The fourth-order valence-corrected chi connectivity index (χ4v) is 4.58. The number of rotatable bonds is 6. The van der Waals surface area contributed by atoms with Gasteiger partial charge in [0.1, 0.15) is 5.58 Å². The van der Waals surface area contributed by atoms with Crippen molar-refractivity contribution in [3.05, 3.63) is 72.7 Å². The van der Waals surface area contributed by atoms with E-state index in [1.165, 1.54) is 6.20 Å². The lowest BCUT2D eigenvalue weighted by Gasteiger charge is -2.51. The molecule has 3 fully saturated rings. The Morgan fingerprint density at radius 1 is 1.32 bits per heavy atom. The first kappa shape index (κ1) is 18.6. The Bertz CT molecular complexity index is 886. The van der Waals surface area contributed by atoms with Crippen molar-refractivity contribution in [2.24, 2.45) is 11.7 Å². The molecule has 3 N–H and O–H groups in total. The molecule has 0 radical (unpaired) electrons. The highest BCUT2D eigenvalue weighted by Gasteiger charge is 2.43. The molecule has 0 spiro atoms. The minimum atomic E-state index is -0.133. The summed E-state index contributed by atoms with van der Waals surface area (Å²) in [5.74, 6) is 0.743. The number of nitrogens with two attached hydrogens (primary N) is 1. The number of para-hydroxylation sites is 1. The third kappa shape index (κ3) is 3.62. The molecule has 1 amide bonds. The number of hydrogen-bond acceptors (Lipinski definition) is 4. The molecule has 2 unspecified atom stereocenters. The third-order valence-electron chi connectivity index (χ3n) is 6.04. The predicted molar refractivity (Wildman–Crippen MR) is 112 cm³/mol. The van der Waals surface area contributed by atoms with Crippen LogP contribution < -0.4 is 11.1 Å². The Morgan fingerprint density at radius 3 is 2.82 bits per heavy atom. The molecule has 5 heteroatoms. The van der Waals surface area contributed by atoms with Crippen molar-refractivity contribution in [3.63, 3.8) is 0 Å². The van der Waals surface area contributed by atoms with Crippen molar-refractivity contribution in [3.8, 4) is 0 Å². The highest BCUT2D eigenvalue weighted by Crippen LogP contribution is 2.35. The Labute approximate surface area is 165 Å². The molecule has 146 valence electrons. The monoisotopic (exact) mass is 377 g/mol. The van der Waals surface area contributed by atoms with Gasteiger partial charge in [0.25, 0.3) is 5.91 Å². The van der Waals surface area contributed by atoms with Crippen LogP contribution in [0.3, 0.4) is 0 Å². The molecule has 2 bridgehead atoms. The molecule has 3 saturated heterocycles. The summed E-state index contributed by atoms with van der Waals surface area (Å²) in [6.45, 7) is 6.11. The Balaban J connectivity index is 1.54. The van der Waals surface area contributed by atoms with Gasteiger partial charge < -0.3 is 15.5 Å². The van der Waals surface area contributed by atoms with Crippen LogP contribution in [-0.2, 0) is 0 Å². The molecule has 3 aliphatic rings. The Kier molecular flexibility index (Phi) is 5.35. The molecular formula is C23H27N3O2. The number of furan rings is 1. The van der Waals surface area contributed by atoms with E-state index in [0.29, 0.717) is 11.7 Å². The van der Waals surface area contributed by atoms with E-state index in [1.54, 1.807) is 0 Å². The summed E-state index contributed by atoms with van der Waals surface area (Å²) >= 11 is 0. The molecule has 28 heavy (non-hydrogen) atoms. The van der Waals surface area contributed by atoms with E-state index < -0.39 is 0 Å². The van der Waals surface area contributed by atoms with Crippen LogP contribution in [0.4, 0.5) is 0 Å². The van der Waals surface area contributed by atoms with Gasteiger partial charge in [-0.05, 0) is 68.3 Å². The van der Waals surface area contributed by atoms with E-state index in [0.717, 1.165) is 48.9 Å². The minimum Gasteiger partial charge on any atom is -0.451 e. The van der Waals surface area contributed by atoms with Crippen LogP contribution >= 0.6 is 0 Å². The first-order valence-electron chi connectivity index (χ1n) is 9.93. The number of allylic oxidation sites excluding steroid dienone is 3. The zero-order valence-electron chi connectivity index (χ0n) is 16.0. The largest absolute Gasteiger partial charge is 0.451 e. The molecule has 4 heterocycles. The minimum absolute atomic E-state index is 0.105.